The lowest BCUT2D eigenvalue weighted by molar-refractivity contribution is -0.140. The van der Waals surface area contributed by atoms with E-state index in [0.717, 1.165) is 64.4 Å². The highest BCUT2D eigenvalue weighted by molar-refractivity contribution is 5.81. The molecule has 0 N–H and O–H groups in total. The molecule has 2 saturated heterocycles. The maximum atomic E-state index is 12.5. The maximum absolute atomic E-state index is 12.5. The molecule has 2 aliphatic heterocycles. The van der Waals surface area contributed by atoms with Crippen molar-refractivity contribution in [2.45, 2.75) is 51.8 Å². The van der Waals surface area contributed by atoms with E-state index in [9.17, 15) is 4.79 Å². The Morgan fingerprint density at radius 3 is 2.91 bits per heavy atom. The van der Waals surface area contributed by atoms with Crippen LogP contribution in [-0.2, 0) is 16.1 Å². The van der Waals surface area contributed by atoms with E-state index in [0.29, 0.717) is 6.04 Å². The molecule has 23 heavy (non-hydrogen) atoms. The van der Waals surface area contributed by atoms with Crippen LogP contribution in [0.2, 0.25) is 0 Å². The minimum absolute atomic E-state index is 0.188. The van der Waals surface area contributed by atoms with Crippen LogP contribution >= 0.6 is 0 Å². The molecule has 1 amide bonds. The van der Waals surface area contributed by atoms with Crippen molar-refractivity contribution in [2.24, 2.45) is 0 Å². The number of imidazole rings is 1. The van der Waals surface area contributed by atoms with Crippen LogP contribution in [0.1, 0.15) is 45.0 Å². The van der Waals surface area contributed by atoms with Gasteiger partial charge in [-0.2, -0.15) is 0 Å². The Bertz CT molecular complexity index is 522. The van der Waals surface area contributed by atoms with Crippen LogP contribution in [0.15, 0.2) is 12.4 Å². The molecule has 0 aliphatic carbocycles. The molecule has 3 rings (SSSR count). The minimum atomic E-state index is -0.193. The Labute approximate surface area is 138 Å². The molecule has 1 aromatic heterocycles. The molecule has 2 aliphatic rings. The number of ether oxygens (including phenoxy) is 1. The fraction of sp³-hybridized carbons (Fsp3) is 0.765. The standard InChI is InChI=1S/C17H28N4O2/c1-14(2)21-9-6-18-16(21)13-19-7-4-8-20(11-10-19)17(22)15-5-3-12-23-15/h6,9,14-15H,3-5,7-8,10-13H2,1-2H3/t15-/m1/s1. The Kier molecular flexibility index (Phi) is 5.33. The number of carbonyl (C=O) groups excluding carboxylic acids is 1. The molecule has 0 saturated carbocycles. The number of nitrogens with zero attached hydrogens (tertiary/aromatic N) is 4. The lowest BCUT2D eigenvalue weighted by Gasteiger charge is -2.24. The molecule has 0 unspecified atom stereocenters. The monoisotopic (exact) mass is 320 g/mol. The van der Waals surface area contributed by atoms with Crippen LogP contribution in [0.3, 0.4) is 0 Å². The minimum Gasteiger partial charge on any atom is -0.368 e. The summed E-state index contributed by atoms with van der Waals surface area (Å²) in [7, 11) is 0. The van der Waals surface area contributed by atoms with E-state index in [1.165, 1.54) is 0 Å². The van der Waals surface area contributed by atoms with Crippen LogP contribution in [0, 0.1) is 0 Å². The summed E-state index contributed by atoms with van der Waals surface area (Å²) in [5.41, 5.74) is 0. The number of amides is 1. The summed E-state index contributed by atoms with van der Waals surface area (Å²) < 4.78 is 7.77. The van der Waals surface area contributed by atoms with Crippen LogP contribution < -0.4 is 0 Å². The predicted molar refractivity (Wildman–Crippen MR) is 88.1 cm³/mol. The summed E-state index contributed by atoms with van der Waals surface area (Å²) in [6.45, 7) is 9.49. The topological polar surface area (TPSA) is 50.6 Å². The Balaban J connectivity index is 1.56. The number of hydrogen-bond donors (Lipinski definition) is 0. The molecule has 128 valence electrons. The van der Waals surface area contributed by atoms with E-state index >= 15 is 0 Å². The molecule has 6 heteroatoms. The zero-order chi connectivity index (χ0) is 16.2. The van der Waals surface area contributed by atoms with Gasteiger partial charge in [0, 0.05) is 51.2 Å². The predicted octanol–water partition coefficient (Wildman–Crippen LogP) is 1.68. The van der Waals surface area contributed by atoms with Crippen molar-refractivity contribution in [3.05, 3.63) is 18.2 Å². The van der Waals surface area contributed by atoms with E-state index in [1.54, 1.807) is 0 Å². The zero-order valence-electron chi connectivity index (χ0n) is 14.3. The van der Waals surface area contributed by atoms with Gasteiger partial charge < -0.3 is 14.2 Å². The molecule has 0 radical (unpaired) electrons. The highest BCUT2D eigenvalue weighted by Gasteiger charge is 2.29. The number of carbonyl (C=O) groups is 1. The maximum Gasteiger partial charge on any atom is 0.251 e. The molecule has 3 heterocycles. The summed E-state index contributed by atoms with van der Waals surface area (Å²) in [5.74, 6) is 1.30. The molecular formula is C17H28N4O2. The Morgan fingerprint density at radius 2 is 2.17 bits per heavy atom. The van der Waals surface area contributed by atoms with Gasteiger partial charge in [0.15, 0.2) is 0 Å². The van der Waals surface area contributed by atoms with Gasteiger partial charge in [0.2, 0.25) is 0 Å². The van der Waals surface area contributed by atoms with Gasteiger partial charge in [-0.1, -0.05) is 0 Å². The van der Waals surface area contributed by atoms with E-state index in [-0.39, 0.29) is 12.0 Å². The third kappa shape index (κ3) is 3.93. The second-order valence-electron chi connectivity index (χ2n) is 6.80. The van der Waals surface area contributed by atoms with Crippen LogP contribution in [0.25, 0.3) is 0 Å². The molecule has 0 bridgehead atoms. The van der Waals surface area contributed by atoms with Crippen molar-refractivity contribution in [3.63, 3.8) is 0 Å². The Hall–Kier alpha value is -1.40. The van der Waals surface area contributed by atoms with E-state index < -0.39 is 0 Å². The lowest BCUT2D eigenvalue weighted by Crippen LogP contribution is -2.41. The van der Waals surface area contributed by atoms with Crippen LogP contribution in [-0.4, -0.2) is 64.1 Å². The summed E-state index contributed by atoms with van der Waals surface area (Å²) in [5, 5.41) is 0. The van der Waals surface area contributed by atoms with Gasteiger partial charge in [0.25, 0.3) is 5.91 Å². The van der Waals surface area contributed by atoms with Gasteiger partial charge >= 0.3 is 0 Å². The number of rotatable bonds is 4. The molecule has 0 aromatic carbocycles. The quantitative estimate of drug-likeness (QED) is 0.847. The molecule has 1 atom stereocenters. The van der Waals surface area contributed by atoms with Crippen molar-refractivity contribution in [3.8, 4) is 0 Å². The Morgan fingerprint density at radius 1 is 1.30 bits per heavy atom. The van der Waals surface area contributed by atoms with E-state index in [1.807, 2.05) is 17.3 Å². The summed E-state index contributed by atoms with van der Waals surface area (Å²) in [6, 6.07) is 0.428. The first kappa shape index (κ1) is 16.5. The normalized spacial score (nSPS) is 23.4. The fourth-order valence-electron chi connectivity index (χ4n) is 3.46. The van der Waals surface area contributed by atoms with Crippen molar-refractivity contribution in [1.82, 2.24) is 19.4 Å². The average molecular weight is 320 g/mol. The molecule has 1 aromatic rings. The first-order valence-corrected chi connectivity index (χ1v) is 8.79. The SMILES string of the molecule is CC(C)n1ccnc1CN1CCCN(C(=O)[C@H]2CCCO2)CC1. The van der Waals surface area contributed by atoms with E-state index in [4.69, 9.17) is 4.74 Å². The first-order chi connectivity index (χ1) is 11.1. The molecule has 6 nitrogen and oxygen atoms in total. The third-order valence-electron chi connectivity index (χ3n) is 4.78. The van der Waals surface area contributed by atoms with Crippen molar-refractivity contribution >= 4 is 5.91 Å². The molecule has 2 fully saturated rings. The van der Waals surface area contributed by atoms with Crippen molar-refractivity contribution < 1.29 is 9.53 Å². The van der Waals surface area contributed by atoms with Gasteiger partial charge in [-0.05, 0) is 33.1 Å². The van der Waals surface area contributed by atoms with Crippen molar-refractivity contribution in [1.29, 1.82) is 0 Å². The van der Waals surface area contributed by atoms with Gasteiger partial charge in [0.1, 0.15) is 11.9 Å². The van der Waals surface area contributed by atoms with Gasteiger partial charge in [-0.3, -0.25) is 9.69 Å². The second-order valence-corrected chi connectivity index (χ2v) is 6.80. The highest BCUT2D eigenvalue weighted by atomic mass is 16.5. The summed E-state index contributed by atoms with van der Waals surface area (Å²) >= 11 is 0. The van der Waals surface area contributed by atoms with E-state index in [2.05, 4.69) is 28.3 Å². The molecular weight excluding hydrogens is 292 g/mol. The number of hydrogen-bond acceptors (Lipinski definition) is 4. The smallest absolute Gasteiger partial charge is 0.251 e. The van der Waals surface area contributed by atoms with Gasteiger partial charge in [0.05, 0.1) is 6.54 Å². The van der Waals surface area contributed by atoms with Gasteiger partial charge in [-0.15, -0.1) is 0 Å². The van der Waals surface area contributed by atoms with Crippen LogP contribution in [0.5, 0.6) is 0 Å². The van der Waals surface area contributed by atoms with Crippen molar-refractivity contribution in [2.75, 3.05) is 32.8 Å². The second kappa shape index (κ2) is 7.45. The summed E-state index contributed by atoms with van der Waals surface area (Å²) in [6.07, 6.45) is 6.63. The van der Waals surface area contributed by atoms with Crippen LogP contribution in [0.4, 0.5) is 0 Å². The third-order valence-corrected chi connectivity index (χ3v) is 4.78. The average Bonchev–Trinajstić information content (AvgIpc) is 3.16. The number of aromatic nitrogens is 2. The fourth-order valence-corrected chi connectivity index (χ4v) is 3.46. The largest absolute Gasteiger partial charge is 0.368 e. The molecule has 0 spiro atoms. The zero-order valence-corrected chi connectivity index (χ0v) is 14.3. The first-order valence-electron chi connectivity index (χ1n) is 8.79. The lowest BCUT2D eigenvalue weighted by atomic mass is 10.2. The summed E-state index contributed by atoms with van der Waals surface area (Å²) in [4.78, 5) is 21.4. The highest BCUT2D eigenvalue weighted by Crippen LogP contribution is 2.17. The van der Waals surface area contributed by atoms with Gasteiger partial charge in [-0.25, -0.2) is 4.98 Å².